The molecule has 0 radical (unpaired) electrons. The van der Waals surface area contributed by atoms with Gasteiger partial charge in [0, 0.05) is 33.2 Å². The summed E-state index contributed by atoms with van der Waals surface area (Å²) in [6, 6.07) is 53.1. The first-order chi connectivity index (χ1) is 32.9. The van der Waals surface area contributed by atoms with Gasteiger partial charge in [0.05, 0.1) is 30.4 Å². The number of benzene rings is 10. The summed E-state index contributed by atoms with van der Waals surface area (Å²) in [5.74, 6) is 0. The number of hydrogen-bond donors (Lipinski definition) is 0. The minimum atomic E-state index is -0.457. The van der Waals surface area contributed by atoms with Crippen LogP contribution in [-0.4, -0.2) is 4.57 Å². The van der Waals surface area contributed by atoms with Gasteiger partial charge in [0.2, 0.25) is 0 Å². The normalized spacial score (nSPS) is 13.9. The first-order valence-electron chi connectivity index (χ1n) is 24.1. The summed E-state index contributed by atoms with van der Waals surface area (Å²) in [6.07, 6.45) is 0. The maximum absolute atomic E-state index is 8.63. The zero-order chi connectivity index (χ0) is 47.1. The van der Waals surface area contributed by atoms with Gasteiger partial charge in [-0.1, -0.05) is 176 Å². The first kappa shape index (κ1) is 24.8. The van der Waals surface area contributed by atoms with Crippen molar-refractivity contribution < 1.29 is 13.7 Å². The SMILES string of the molecule is [2H]c1c([2H])c([2H])c(-c2ccc(N(c3ccc(-c4c([2H])c([2H])c([2H])c([2H])c4[2H])cc3)c3cccc4c(-c5ccc6c7ccccc7n(-c7ccc8ccccc8c7)c6c5)cccc34)cc2)c([2H])c1[2H]. The standard InChI is InChI=1S/C56H38N2/c1-3-13-39(14-4-1)42-25-31-46(32-26-42)57(47-33-27-43(28-34-47)40-15-5-2-6-16-40)54-24-12-21-50-49(20-11-22-51(50)54)45-30-36-53-52-19-9-10-23-55(52)58(56(53)38-45)48-35-29-41-17-7-8-18-44(41)37-48/h1-38H/i1D,2D,3D,4D,5D,6D,13D,14D,15D,16D. The Morgan fingerprint density at radius 2 is 0.931 bits per heavy atom. The number of aromatic nitrogens is 1. The quantitative estimate of drug-likeness (QED) is 0.158. The number of para-hydroxylation sites is 1. The lowest BCUT2D eigenvalue weighted by molar-refractivity contribution is 1.19. The molecule has 0 amide bonds. The second-order valence-corrected chi connectivity index (χ2v) is 14.2. The summed E-state index contributed by atoms with van der Waals surface area (Å²) in [5.41, 5.74) is 8.65. The molecule has 2 nitrogen and oxygen atoms in total. The molecule has 1 heterocycles. The zero-order valence-corrected chi connectivity index (χ0v) is 31.1. The lowest BCUT2D eigenvalue weighted by Gasteiger charge is -2.27. The van der Waals surface area contributed by atoms with E-state index in [4.69, 9.17) is 13.7 Å². The lowest BCUT2D eigenvalue weighted by atomic mass is 9.95. The number of fused-ring (bicyclic) bond motifs is 5. The molecule has 0 N–H and O–H groups in total. The van der Waals surface area contributed by atoms with Gasteiger partial charge in [-0.2, -0.15) is 0 Å². The summed E-state index contributed by atoms with van der Waals surface area (Å²) in [7, 11) is 0. The third-order valence-electron chi connectivity index (χ3n) is 10.9. The minimum absolute atomic E-state index is 0.100. The van der Waals surface area contributed by atoms with Gasteiger partial charge in [0.15, 0.2) is 0 Å². The van der Waals surface area contributed by atoms with Gasteiger partial charge in [0.1, 0.15) is 0 Å². The van der Waals surface area contributed by atoms with E-state index in [2.05, 4.69) is 113 Å². The van der Waals surface area contributed by atoms with Crippen molar-refractivity contribution in [2.24, 2.45) is 0 Å². The Morgan fingerprint density at radius 1 is 0.362 bits per heavy atom. The van der Waals surface area contributed by atoms with Crippen LogP contribution in [0.2, 0.25) is 0 Å². The Bertz CT molecular complexity index is 3690. The van der Waals surface area contributed by atoms with E-state index in [9.17, 15) is 0 Å². The van der Waals surface area contributed by atoms with Crippen LogP contribution < -0.4 is 4.90 Å². The molecule has 2 heteroatoms. The summed E-state index contributed by atoms with van der Waals surface area (Å²) in [6.45, 7) is 0. The monoisotopic (exact) mass is 748 g/mol. The largest absolute Gasteiger partial charge is 0.310 e. The molecule has 1 aromatic heterocycles. The molecule has 0 aliphatic heterocycles. The Hall–Kier alpha value is -7.68. The Balaban J connectivity index is 1.08. The van der Waals surface area contributed by atoms with Gasteiger partial charge in [0.25, 0.3) is 0 Å². The van der Waals surface area contributed by atoms with E-state index in [1.54, 1.807) is 24.3 Å². The van der Waals surface area contributed by atoms with Crippen LogP contribution in [0, 0.1) is 0 Å². The van der Waals surface area contributed by atoms with E-state index in [0.717, 1.165) is 60.5 Å². The van der Waals surface area contributed by atoms with Crippen LogP contribution in [0.25, 0.3) is 82.4 Å². The molecular formula is C56H38N2. The van der Waals surface area contributed by atoms with Crippen LogP contribution in [-0.2, 0) is 0 Å². The molecule has 0 saturated heterocycles. The highest BCUT2D eigenvalue weighted by Gasteiger charge is 2.19. The van der Waals surface area contributed by atoms with Crippen LogP contribution >= 0.6 is 0 Å². The third-order valence-corrected chi connectivity index (χ3v) is 10.9. The van der Waals surface area contributed by atoms with Crippen LogP contribution in [0.3, 0.4) is 0 Å². The molecule has 10 aromatic carbocycles. The van der Waals surface area contributed by atoms with Crippen molar-refractivity contribution in [2.45, 2.75) is 0 Å². The van der Waals surface area contributed by atoms with Crippen LogP contribution in [0.4, 0.5) is 17.1 Å². The molecule has 272 valence electrons. The molecule has 11 aromatic rings. The fraction of sp³-hybridized carbons (Fsp3) is 0. The summed E-state index contributed by atoms with van der Waals surface area (Å²) in [4.78, 5) is 2.06. The van der Waals surface area contributed by atoms with E-state index in [0.29, 0.717) is 22.5 Å². The molecular weight excluding hydrogens is 701 g/mol. The van der Waals surface area contributed by atoms with Crippen molar-refractivity contribution in [1.82, 2.24) is 4.57 Å². The van der Waals surface area contributed by atoms with Crippen LogP contribution in [0.5, 0.6) is 0 Å². The lowest BCUT2D eigenvalue weighted by Crippen LogP contribution is -2.10. The van der Waals surface area contributed by atoms with Gasteiger partial charge >= 0.3 is 0 Å². The number of hydrogen-bond acceptors (Lipinski definition) is 1. The van der Waals surface area contributed by atoms with Crippen molar-refractivity contribution in [3.8, 4) is 39.1 Å². The van der Waals surface area contributed by atoms with E-state index in [1.165, 1.54) is 5.39 Å². The average Bonchev–Trinajstić information content (AvgIpc) is 3.70. The molecule has 0 unspecified atom stereocenters. The fourth-order valence-electron chi connectivity index (χ4n) is 8.24. The third kappa shape index (κ3) is 5.82. The number of anilines is 3. The molecule has 0 spiro atoms. The van der Waals surface area contributed by atoms with Gasteiger partial charge in [-0.15, -0.1) is 0 Å². The van der Waals surface area contributed by atoms with Crippen LogP contribution in [0.1, 0.15) is 13.7 Å². The minimum Gasteiger partial charge on any atom is -0.310 e. The van der Waals surface area contributed by atoms with Gasteiger partial charge < -0.3 is 9.47 Å². The van der Waals surface area contributed by atoms with E-state index in [-0.39, 0.29) is 35.3 Å². The predicted molar refractivity (Wildman–Crippen MR) is 247 cm³/mol. The summed E-state index contributed by atoms with van der Waals surface area (Å²) >= 11 is 0. The molecule has 11 rings (SSSR count). The van der Waals surface area contributed by atoms with Gasteiger partial charge in [-0.05, 0) is 104 Å². The maximum Gasteiger partial charge on any atom is 0.0629 e. The maximum atomic E-state index is 8.63. The molecule has 58 heavy (non-hydrogen) atoms. The van der Waals surface area contributed by atoms with E-state index in [1.807, 2.05) is 42.5 Å². The molecule has 0 fully saturated rings. The van der Waals surface area contributed by atoms with Crippen LogP contribution in [0.15, 0.2) is 230 Å². The molecule has 0 aliphatic carbocycles. The Labute approximate surface area is 352 Å². The Morgan fingerprint density at radius 3 is 1.64 bits per heavy atom. The first-order valence-corrected chi connectivity index (χ1v) is 19.1. The van der Waals surface area contributed by atoms with Crippen molar-refractivity contribution in [3.63, 3.8) is 0 Å². The second-order valence-electron chi connectivity index (χ2n) is 14.2. The van der Waals surface area contributed by atoms with Crippen molar-refractivity contribution in [2.75, 3.05) is 4.90 Å². The fourth-order valence-corrected chi connectivity index (χ4v) is 8.24. The van der Waals surface area contributed by atoms with Gasteiger partial charge in [-0.25, -0.2) is 0 Å². The van der Waals surface area contributed by atoms with E-state index >= 15 is 0 Å². The zero-order valence-electron chi connectivity index (χ0n) is 41.1. The highest BCUT2D eigenvalue weighted by atomic mass is 15.1. The number of nitrogens with zero attached hydrogens (tertiary/aromatic N) is 2. The number of rotatable bonds is 7. The summed E-state index contributed by atoms with van der Waals surface area (Å²) < 4.78 is 86.2. The van der Waals surface area contributed by atoms with Crippen molar-refractivity contribution >= 4 is 60.4 Å². The molecule has 0 bridgehead atoms. The molecule has 0 aliphatic rings. The Kier molecular flexibility index (Phi) is 6.02. The summed E-state index contributed by atoms with van der Waals surface area (Å²) in [5, 5.41) is 6.56. The highest BCUT2D eigenvalue weighted by molar-refractivity contribution is 6.12. The highest BCUT2D eigenvalue weighted by Crippen LogP contribution is 2.43. The average molecular weight is 749 g/mol. The van der Waals surface area contributed by atoms with Crippen molar-refractivity contribution in [3.05, 3.63) is 230 Å². The van der Waals surface area contributed by atoms with E-state index < -0.39 is 36.3 Å². The molecule has 0 atom stereocenters. The predicted octanol–water partition coefficient (Wildman–Crippen LogP) is 15.6. The van der Waals surface area contributed by atoms with Crippen molar-refractivity contribution in [1.29, 1.82) is 0 Å². The molecule has 0 saturated carbocycles. The second kappa shape index (κ2) is 14.1. The smallest absolute Gasteiger partial charge is 0.0629 e. The topological polar surface area (TPSA) is 8.17 Å². The van der Waals surface area contributed by atoms with Gasteiger partial charge in [-0.3, -0.25) is 0 Å².